The Labute approximate surface area is 147 Å². The van der Waals surface area contributed by atoms with Gasteiger partial charge in [0.25, 0.3) is 0 Å². The van der Waals surface area contributed by atoms with Gasteiger partial charge in [0.2, 0.25) is 11.8 Å². The van der Waals surface area contributed by atoms with Crippen molar-refractivity contribution in [2.24, 2.45) is 11.7 Å². The lowest BCUT2D eigenvalue weighted by Crippen LogP contribution is -2.46. The normalized spacial score (nSPS) is 17.7. The highest BCUT2D eigenvalue weighted by Gasteiger charge is 2.26. The summed E-state index contributed by atoms with van der Waals surface area (Å²) >= 11 is 0. The number of hydrogen-bond acceptors (Lipinski definition) is 4. The smallest absolute Gasteiger partial charge is 0.238 e. The molecular weight excluding hydrogens is 335 g/mol. The zero-order valence-electron chi connectivity index (χ0n) is 13.5. The average Bonchev–Trinajstić information content (AvgIpc) is 2.55. The Morgan fingerprint density at radius 1 is 1.29 bits per heavy atom. The van der Waals surface area contributed by atoms with Gasteiger partial charge >= 0.3 is 0 Å². The van der Waals surface area contributed by atoms with Gasteiger partial charge in [-0.1, -0.05) is 0 Å². The van der Waals surface area contributed by atoms with Crippen molar-refractivity contribution >= 4 is 29.9 Å². The molecule has 1 unspecified atom stereocenters. The number of rotatable bonds is 6. The van der Waals surface area contributed by atoms with Crippen LogP contribution in [0.25, 0.3) is 0 Å². The molecule has 0 aromatic heterocycles. The molecule has 1 atom stereocenters. The molecular formula is C16H24ClFN4O2. The predicted octanol–water partition coefficient (Wildman–Crippen LogP) is 0.973. The van der Waals surface area contributed by atoms with Crippen molar-refractivity contribution in [3.05, 3.63) is 30.1 Å². The lowest BCUT2D eigenvalue weighted by atomic mass is 9.97. The number of piperidine rings is 1. The third-order valence-corrected chi connectivity index (χ3v) is 3.82. The molecule has 1 aliphatic rings. The van der Waals surface area contributed by atoms with Gasteiger partial charge in [-0.05, 0) is 43.7 Å². The van der Waals surface area contributed by atoms with Gasteiger partial charge in [0, 0.05) is 25.3 Å². The number of nitrogens with two attached hydrogens (primary N) is 1. The van der Waals surface area contributed by atoms with Crippen LogP contribution in [0.3, 0.4) is 0 Å². The van der Waals surface area contributed by atoms with Crippen LogP contribution >= 0.6 is 12.4 Å². The van der Waals surface area contributed by atoms with E-state index in [1.54, 1.807) is 0 Å². The average molecular weight is 359 g/mol. The molecule has 24 heavy (non-hydrogen) atoms. The van der Waals surface area contributed by atoms with Crippen LogP contribution in [0.1, 0.15) is 12.8 Å². The van der Waals surface area contributed by atoms with E-state index in [2.05, 4.69) is 10.6 Å². The summed E-state index contributed by atoms with van der Waals surface area (Å²) in [5, 5.41) is 5.52. The van der Waals surface area contributed by atoms with Gasteiger partial charge in [0.05, 0.1) is 12.5 Å². The Balaban J connectivity index is 0.00000288. The van der Waals surface area contributed by atoms with Crippen LogP contribution in [-0.2, 0) is 9.59 Å². The Bertz CT molecular complexity index is 541. The number of likely N-dealkylation sites (tertiary alicyclic amines) is 1. The first-order valence-corrected chi connectivity index (χ1v) is 7.84. The van der Waals surface area contributed by atoms with Gasteiger partial charge in [-0.25, -0.2) is 4.39 Å². The lowest BCUT2D eigenvalue weighted by molar-refractivity contribution is -0.127. The summed E-state index contributed by atoms with van der Waals surface area (Å²) in [7, 11) is 0. The van der Waals surface area contributed by atoms with E-state index in [0.29, 0.717) is 25.3 Å². The predicted molar refractivity (Wildman–Crippen MR) is 93.5 cm³/mol. The van der Waals surface area contributed by atoms with Gasteiger partial charge in [0.1, 0.15) is 5.82 Å². The number of nitrogens with one attached hydrogen (secondary N) is 2. The van der Waals surface area contributed by atoms with Crippen LogP contribution < -0.4 is 16.4 Å². The van der Waals surface area contributed by atoms with Crippen LogP contribution in [-0.4, -0.2) is 49.4 Å². The topological polar surface area (TPSA) is 87.5 Å². The number of carbonyl (C=O) groups is 2. The van der Waals surface area contributed by atoms with Crippen molar-refractivity contribution in [1.29, 1.82) is 0 Å². The van der Waals surface area contributed by atoms with Crippen LogP contribution in [0, 0.1) is 11.7 Å². The van der Waals surface area contributed by atoms with Gasteiger partial charge in [0.15, 0.2) is 0 Å². The largest absolute Gasteiger partial charge is 0.355 e. The van der Waals surface area contributed by atoms with Gasteiger partial charge in [-0.3, -0.25) is 14.5 Å². The quantitative estimate of drug-likeness (QED) is 0.707. The van der Waals surface area contributed by atoms with Crippen LogP contribution in [0.15, 0.2) is 24.3 Å². The van der Waals surface area contributed by atoms with E-state index in [1.165, 1.54) is 24.3 Å². The van der Waals surface area contributed by atoms with Gasteiger partial charge in [-0.2, -0.15) is 0 Å². The number of amides is 2. The van der Waals surface area contributed by atoms with Gasteiger partial charge < -0.3 is 16.4 Å². The third kappa shape index (κ3) is 6.43. The number of halogens is 2. The SMILES string of the molecule is Cl.NCCNC(=O)C1CCCN(CC(=O)Nc2ccc(F)cc2)C1. The summed E-state index contributed by atoms with van der Waals surface area (Å²) in [5.74, 6) is -0.613. The molecule has 134 valence electrons. The van der Waals surface area contributed by atoms with Crippen LogP contribution in [0.5, 0.6) is 0 Å². The van der Waals surface area contributed by atoms with E-state index in [0.717, 1.165) is 19.4 Å². The molecule has 1 aliphatic heterocycles. The fraction of sp³-hybridized carbons (Fsp3) is 0.500. The standard InChI is InChI=1S/C16H23FN4O2.ClH/c17-13-3-5-14(6-4-13)20-15(22)11-21-9-1-2-12(10-21)16(23)19-8-7-18;/h3-6,12H,1-2,7-11,18H2,(H,19,23)(H,20,22);1H. The molecule has 2 rings (SSSR count). The highest BCUT2D eigenvalue weighted by Crippen LogP contribution is 2.16. The Morgan fingerprint density at radius 2 is 2.00 bits per heavy atom. The molecule has 1 heterocycles. The van der Waals surface area contributed by atoms with Crippen molar-refractivity contribution in [2.75, 3.05) is 38.0 Å². The molecule has 1 saturated heterocycles. The first-order chi connectivity index (χ1) is 11.1. The highest BCUT2D eigenvalue weighted by molar-refractivity contribution is 5.92. The zero-order valence-corrected chi connectivity index (χ0v) is 14.3. The van der Waals surface area contributed by atoms with E-state index in [4.69, 9.17) is 5.73 Å². The summed E-state index contributed by atoms with van der Waals surface area (Å²) in [6.45, 7) is 2.46. The maximum atomic E-state index is 12.8. The Hall–Kier alpha value is -1.70. The van der Waals surface area contributed by atoms with Crippen LogP contribution in [0.4, 0.5) is 10.1 Å². The number of anilines is 1. The molecule has 1 aromatic rings. The number of hydrogen-bond donors (Lipinski definition) is 3. The molecule has 1 aromatic carbocycles. The number of carbonyl (C=O) groups excluding carboxylic acids is 2. The number of benzene rings is 1. The van der Waals surface area contributed by atoms with Crippen molar-refractivity contribution in [2.45, 2.75) is 12.8 Å². The second-order valence-electron chi connectivity index (χ2n) is 5.71. The molecule has 0 aliphatic carbocycles. The van der Waals surface area contributed by atoms with Crippen molar-refractivity contribution in [3.8, 4) is 0 Å². The Morgan fingerprint density at radius 3 is 2.67 bits per heavy atom. The maximum absolute atomic E-state index is 12.8. The second-order valence-corrected chi connectivity index (χ2v) is 5.71. The molecule has 2 amide bonds. The summed E-state index contributed by atoms with van der Waals surface area (Å²) < 4.78 is 12.8. The highest BCUT2D eigenvalue weighted by atomic mass is 35.5. The van der Waals surface area contributed by atoms with Crippen molar-refractivity contribution < 1.29 is 14.0 Å². The van der Waals surface area contributed by atoms with E-state index in [9.17, 15) is 14.0 Å². The molecule has 6 nitrogen and oxygen atoms in total. The van der Waals surface area contributed by atoms with Gasteiger partial charge in [-0.15, -0.1) is 12.4 Å². The van der Waals surface area contributed by atoms with Crippen molar-refractivity contribution in [3.63, 3.8) is 0 Å². The molecule has 8 heteroatoms. The third-order valence-electron chi connectivity index (χ3n) is 3.82. The molecule has 1 fully saturated rings. The first-order valence-electron chi connectivity index (χ1n) is 7.84. The van der Waals surface area contributed by atoms with E-state index in [1.807, 2.05) is 4.90 Å². The minimum absolute atomic E-state index is 0. The summed E-state index contributed by atoms with van der Waals surface area (Å²) in [5.41, 5.74) is 5.94. The van der Waals surface area contributed by atoms with Crippen LogP contribution in [0.2, 0.25) is 0 Å². The molecule has 0 saturated carbocycles. The summed E-state index contributed by atoms with van der Waals surface area (Å²) in [6.07, 6.45) is 1.71. The summed E-state index contributed by atoms with van der Waals surface area (Å²) in [4.78, 5) is 26.0. The van der Waals surface area contributed by atoms with Crippen molar-refractivity contribution in [1.82, 2.24) is 10.2 Å². The fourth-order valence-electron chi connectivity index (χ4n) is 2.69. The summed E-state index contributed by atoms with van der Waals surface area (Å²) in [6, 6.07) is 5.64. The monoisotopic (exact) mass is 358 g/mol. The molecule has 4 N–H and O–H groups in total. The van der Waals surface area contributed by atoms with E-state index >= 15 is 0 Å². The minimum atomic E-state index is -0.342. The molecule has 0 spiro atoms. The zero-order chi connectivity index (χ0) is 16.7. The molecule has 0 bridgehead atoms. The maximum Gasteiger partial charge on any atom is 0.238 e. The van der Waals surface area contributed by atoms with E-state index < -0.39 is 0 Å². The van der Waals surface area contributed by atoms with E-state index in [-0.39, 0.29) is 42.5 Å². The first kappa shape index (κ1) is 20.3. The lowest BCUT2D eigenvalue weighted by Gasteiger charge is -2.31. The minimum Gasteiger partial charge on any atom is -0.355 e. The Kier molecular flexibility index (Phi) is 8.67. The fourth-order valence-corrected chi connectivity index (χ4v) is 2.69. The number of nitrogens with zero attached hydrogens (tertiary/aromatic N) is 1. The molecule has 0 radical (unpaired) electrons. The second kappa shape index (κ2) is 10.2.